The van der Waals surface area contributed by atoms with Crippen molar-refractivity contribution in [2.75, 3.05) is 18.1 Å². The smallest absolute Gasteiger partial charge is 0.313 e. The molecule has 1 aromatic rings. The first-order valence-corrected chi connectivity index (χ1v) is 9.64. The van der Waals surface area contributed by atoms with Gasteiger partial charge in [-0.1, -0.05) is 18.7 Å². The predicted molar refractivity (Wildman–Crippen MR) is 86.0 cm³/mol. The zero-order chi connectivity index (χ0) is 15.9. The van der Waals surface area contributed by atoms with Crippen molar-refractivity contribution in [3.63, 3.8) is 0 Å². The van der Waals surface area contributed by atoms with Gasteiger partial charge in [0.15, 0.2) is 4.34 Å². The molecular formula is C12H16N4O3S3. The third-order valence-corrected chi connectivity index (χ3v) is 7.65. The average molecular weight is 360 g/mol. The molecule has 120 valence electrons. The number of carbonyl (C=O) groups excluding carboxylic acids is 1. The summed E-state index contributed by atoms with van der Waals surface area (Å²) in [6.07, 6.45) is 0.763. The highest BCUT2D eigenvalue weighted by Crippen LogP contribution is 2.43. The van der Waals surface area contributed by atoms with Gasteiger partial charge in [-0.3, -0.25) is 9.59 Å². The Hall–Kier alpha value is -0.840. The number of β-lactam (4-membered cyclic amide) rings is 1. The van der Waals surface area contributed by atoms with Crippen LogP contribution in [-0.2, 0) is 16.0 Å². The molecule has 0 saturated carbocycles. The second kappa shape index (κ2) is 5.99. The maximum atomic E-state index is 11.8. The molecule has 2 aliphatic heterocycles. The van der Waals surface area contributed by atoms with Crippen molar-refractivity contribution < 1.29 is 14.7 Å². The predicted octanol–water partition coefficient (Wildman–Crippen LogP) is 0.506. The molecule has 0 spiro atoms. The van der Waals surface area contributed by atoms with Crippen LogP contribution in [0.5, 0.6) is 0 Å². The van der Waals surface area contributed by atoms with E-state index in [1.54, 1.807) is 4.90 Å². The molecule has 1 aromatic heterocycles. The van der Waals surface area contributed by atoms with E-state index in [1.807, 2.05) is 6.92 Å². The molecule has 3 heterocycles. The highest BCUT2D eigenvalue weighted by atomic mass is 32.2. The van der Waals surface area contributed by atoms with Crippen molar-refractivity contribution >= 4 is 46.9 Å². The Labute approximate surface area is 140 Å². The first kappa shape index (κ1) is 16.0. The lowest BCUT2D eigenvalue weighted by atomic mass is 9.89. The van der Waals surface area contributed by atoms with Gasteiger partial charge in [0.25, 0.3) is 0 Å². The number of carboxylic acids is 1. The van der Waals surface area contributed by atoms with Gasteiger partial charge in [0, 0.05) is 24.5 Å². The fraction of sp³-hybridized carbons (Fsp3) is 0.667. The zero-order valence-corrected chi connectivity index (χ0v) is 14.3. The van der Waals surface area contributed by atoms with Gasteiger partial charge in [-0.05, 0) is 11.5 Å². The lowest BCUT2D eigenvalue weighted by Crippen LogP contribution is -2.72. The van der Waals surface area contributed by atoms with Crippen molar-refractivity contribution in [2.24, 2.45) is 11.1 Å². The van der Waals surface area contributed by atoms with Crippen molar-refractivity contribution in [1.29, 1.82) is 0 Å². The molecule has 3 N–H and O–H groups in total. The second-order valence-corrected chi connectivity index (χ2v) is 8.48. The summed E-state index contributed by atoms with van der Waals surface area (Å²) in [7, 11) is 0. The summed E-state index contributed by atoms with van der Waals surface area (Å²) < 4.78 is 4.98. The number of hydrogen-bond acceptors (Lipinski definition) is 8. The first-order chi connectivity index (χ1) is 10.5. The van der Waals surface area contributed by atoms with Gasteiger partial charge in [0.2, 0.25) is 5.91 Å². The molecule has 22 heavy (non-hydrogen) atoms. The van der Waals surface area contributed by atoms with E-state index in [0.29, 0.717) is 11.5 Å². The molecule has 3 rings (SSSR count). The zero-order valence-electron chi connectivity index (χ0n) is 11.9. The Balaban J connectivity index is 1.70. The molecule has 10 heteroatoms. The minimum Gasteiger partial charge on any atom is -0.481 e. The average Bonchev–Trinajstić information content (AvgIpc) is 2.99. The number of amides is 1. The molecule has 0 bridgehead atoms. The topological polar surface area (TPSA) is 109 Å². The molecule has 3 atom stereocenters. The number of hydrogen-bond donors (Lipinski definition) is 2. The van der Waals surface area contributed by atoms with Crippen LogP contribution in [0.25, 0.3) is 0 Å². The minimum absolute atomic E-state index is 0.0711. The van der Waals surface area contributed by atoms with Gasteiger partial charge in [-0.25, -0.2) is 4.98 Å². The molecule has 1 amide bonds. The molecule has 2 unspecified atom stereocenters. The number of carbonyl (C=O) groups is 2. The number of aromatic nitrogens is 2. The van der Waals surface area contributed by atoms with E-state index in [-0.39, 0.29) is 17.8 Å². The van der Waals surface area contributed by atoms with Crippen molar-refractivity contribution in [1.82, 2.24) is 14.3 Å². The Morgan fingerprint density at radius 1 is 1.64 bits per heavy atom. The van der Waals surface area contributed by atoms with Crippen LogP contribution >= 0.6 is 35.1 Å². The number of aryl methyl sites for hydroxylation is 1. The third-order valence-electron chi connectivity index (χ3n) is 3.88. The molecule has 2 aliphatic rings. The number of fused-ring (bicyclic) bond motifs is 1. The van der Waals surface area contributed by atoms with Crippen LogP contribution < -0.4 is 5.73 Å². The molecule has 2 saturated heterocycles. The van der Waals surface area contributed by atoms with Gasteiger partial charge in [0.05, 0.1) is 0 Å². The molecule has 2 fully saturated rings. The maximum absolute atomic E-state index is 11.8. The van der Waals surface area contributed by atoms with Crippen LogP contribution in [-0.4, -0.2) is 60.7 Å². The summed E-state index contributed by atoms with van der Waals surface area (Å²) in [5.41, 5.74) is 4.78. The fourth-order valence-corrected chi connectivity index (χ4v) is 5.95. The van der Waals surface area contributed by atoms with Gasteiger partial charge in [-0.2, -0.15) is 4.37 Å². The second-order valence-electron chi connectivity index (χ2n) is 5.40. The van der Waals surface area contributed by atoms with Crippen LogP contribution in [0.3, 0.4) is 0 Å². The monoisotopic (exact) mass is 360 g/mol. The van der Waals surface area contributed by atoms with E-state index < -0.39 is 17.4 Å². The highest BCUT2D eigenvalue weighted by Gasteiger charge is 2.55. The normalized spacial score (nSPS) is 30.8. The van der Waals surface area contributed by atoms with Crippen molar-refractivity contribution in [2.45, 2.75) is 29.1 Å². The summed E-state index contributed by atoms with van der Waals surface area (Å²) in [6.45, 7) is 2.20. The Morgan fingerprint density at radius 3 is 3.05 bits per heavy atom. The van der Waals surface area contributed by atoms with Gasteiger partial charge in [-0.15, -0.1) is 11.8 Å². The van der Waals surface area contributed by atoms with Crippen LogP contribution in [0.15, 0.2) is 4.34 Å². The van der Waals surface area contributed by atoms with E-state index in [9.17, 15) is 14.7 Å². The van der Waals surface area contributed by atoms with E-state index in [2.05, 4.69) is 9.36 Å². The number of nitrogens with two attached hydrogens (primary N) is 1. The van der Waals surface area contributed by atoms with E-state index in [4.69, 9.17) is 5.73 Å². The third kappa shape index (κ3) is 2.61. The van der Waals surface area contributed by atoms with Crippen molar-refractivity contribution in [3.05, 3.63) is 5.82 Å². The Morgan fingerprint density at radius 2 is 2.41 bits per heavy atom. The summed E-state index contributed by atoms with van der Waals surface area (Å²) in [4.78, 5) is 29.5. The number of thioether (sulfide) groups is 2. The van der Waals surface area contributed by atoms with Gasteiger partial charge < -0.3 is 15.7 Å². The summed E-state index contributed by atoms with van der Waals surface area (Å²) in [5.74, 6) is 0.575. The summed E-state index contributed by atoms with van der Waals surface area (Å²) in [5, 5.41) is 9.60. The largest absolute Gasteiger partial charge is 0.481 e. The molecule has 0 aliphatic carbocycles. The van der Waals surface area contributed by atoms with Gasteiger partial charge in [0.1, 0.15) is 22.7 Å². The summed E-state index contributed by atoms with van der Waals surface area (Å²) in [6, 6.07) is -0.486. The number of nitrogens with zero attached hydrogens (tertiary/aromatic N) is 3. The summed E-state index contributed by atoms with van der Waals surface area (Å²) >= 11 is 4.15. The van der Waals surface area contributed by atoms with Crippen LogP contribution in [0.1, 0.15) is 12.7 Å². The Kier molecular flexibility index (Phi) is 4.36. The number of aliphatic carboxylic acids is 1. The van der Waals surface area contributed by atoms with Crippen LogP contribution in [0.4, 0.5) is 0 Å². The molecule has 0 radical (unpaired) electrons. The van der Waals surface area contributed by atoms with Crippen LogP contribution in [0, 0.1) is 5.41 Å². The molecule has 0 aromatic carbocycles. The van der Waals surface area contributed by atoms with Gasteiger partial charge >= 0.3 is 5.97 Å². The number of carboxylic acid groups (broad SMARTS) is 1. The SMILES string of the molecule is CCc1nsc(SCC2(C(=O)O)CS[C@@H]3C(N)C(=O)N3C2)n1. The molecular weight excluding hydrogens is 344 g/mol. The van der Waals surface area contributed by atoms with Crippen LogP contribution in [0.2, 0.25) is 0 Å². The van der Waals surface area contributed by atoms with E-state index in [0.717, 1.165) is 16.6 Å². The van der Waals surface area contributed by atoms with E-state index in [1.165, 1.54) is 35.1 Å². The minimum atomic E-state index is -0.959. The quantitative estimate of drug-likeness (QED) is 0.577. The van der Waals surface area contributed by atoms with E-state index >= 15 is 0 Å². The lowest BCUT2D eigenvalue weighted by Gasteiger charge is -2.52. The first-order valence-electron chi connectivity index (χ1n) is 6.83. The van der Waals surface area contributed by atoms with Crippen molar-refractivity contribution in [3.8, 4) is 0 Å². The Bertz CT molecular complexity index is 610. The highest BCUT2D eigenvalue weighted by molar-refractivity contribution is 8.01. The standard InChI is InChI=1S/C12H16N4O3S3/c1-2-6-14-11(22-15-6)21-5-12(10(18)19)3-16-8(17)7(13)9(16)20-4-12/h7,9H,2-5,13H2,1H3,(H,18,19)/t7?,9-,12?/m1/s1. The fourth-order valence-electron chi connectivity index (χ4n) is 2.45. The number of rotatable bonds is 5. The lowest BCUT2D eigenvalue weighted by molar-refractivity contribution is -0.155. The maximum Gasteiger partial charge on any atom is 0.313 e. The molecule has 7 nitrogen and oxygen atoms in total.